The molecule has 0 aliphatic heterocycles. The molecule has 1 aromatic rings. The molecule has 1 fully saturated rings. The number of ether oxygens (including phenoxy) is 1. The molecule has 0 aromatic carbocycles. The molecule has 6 heteroatoms. The first-order valence-electron chi connectivity index (χ1n) is 7.74. The SMILES string of the molecule is CCCN(C(=O)Cn1cncn1)[C@@H]1C[C@H](OCC)C1(C)C. The monoisotopic (exact) mass is 294 g/mol. The van der Waals surface area contributed by atoms with Crippen molar-refractivity contribution in [1.82, 2.24) is 19.7 Å². The van der Waals surface area contributed by atoms with Crippen LogP contribution in [0.15, 0.2) is 12.7 Å². The Labute approximate surface area is 126 Å². The summed E-state index contributed by atoms with van der Waals surface area (Å²) in [5, 5.41) is 4.02. The molecule has 0 N–H and O–H groups in total. The standard InChI is InChI=1S/C15H26N4O2/c1-5-7-19(14(20)9-18-11-16-10-17-18)12-8-13(21-6-2)15(12,3)4/h10-13H,5-9H2,1-4H3/t12-,13+/m1/s1. The molecular formula is C15H26N4O2. The van der Waals surface area contributed by atoms with Crippen LogP contribution < -0.4 is 0 Å². The van der Waals surface area contributed by atoms with Gasteiger partial charge in [0.05, 0.1) is 6.10 Å². The molecule has 0 unspecified atom stereocenters. The average molecular weight is 294 g/mol. The molecule has 0 saturated heterocycles. The fourth-order valence-corrected chi connectivity index (χ4v) is 3.12. The van der Waals surface area contributed by atoms with E-state index in [4.69, 9.17) is 4.74 Å². The molecule has 118 valence electrons. The third-order valence-corrected chi connectivity index (χ3v) is 4.42. The van der Waals surface area contributed by atoms with E-state index in [1.54, 1.807) is 11.0 Å². The summed E-state index contributed by atoms with van der Waals surface area (Å²) < 4.78 is 7.35. The van der Waals surface area contributed by atoms with E-state index >= 15 is 0 Å². The number of nitrogens with zero attached hydrogens (tertiary/aromatic N) is 4. The number of carbonyl (C=O) groups is 1. The summed E-state index contributed by atoms with van der Waals surface area (Å²) in [6.07, 6.45) is 5.15. The number of rotatable bonds is 7. The van der Waals surface area contributed by atoms with Crippen molar-refractivity contribution in [1.29, 1.82) is 0 Å². The average Bonchev–Trinajstić information content (AvgIpc) is 2.94. The number of amides is 1. The summed E-state index contributed by atoms with van der Waals surface area (Å²) in [5.74, 6) is 0.107. The maximum absolute atomic E-state index is 12.6. The number of carbonyl (C=O) groups excluding carboxylic acids is 1. The highest BCUT2D eigenvalue weighted by Gasteiger charge is 2.52. The van der Waals surface area contributed by atoms with Crippen LogP contribution in [0.2, 0.25) is 0 Å². The van der Waals surface area contributed by atoms with Crippen molar-refractivity contribution >= 4 is 5.91 Å². The lowest BCUT2D eigenvalue weighted by Crippen LogP contribution is -2.63. The molecule has 1 heterocycles. The van der Waals surface area contributed by atoms with Gasteiger partial charge in [0.15, 0.2) is 0 Å². The summed E-state index contributed by atoms with van der Waals surface area (Å²) in [6, 6.07) is 0.241. The zero-order chi connectivity index (χ0) is 15.5. The van der Waals surface area contributed by atoms with Crippen LogP contribution in [0.1, 0.15) is 40.5 Å². The van der Waals surface area contributed by atoms with Gasteiger partial charge in [-0.2, -0.15) is 5.10 Å². The summed E-state index contributed by atoms with van der Waals surface area (Å²) in [4.78, 5) is 18.5. The van der Waals surface area contributed by atoms with Crippen LogP contribution in [-0.2, 0) is 16.1 Å². The summed E-state index contributed by atoms with van der Waals surface area (Å²) in [7, 11) is 0. The zero-order valence-corrected chi connectivity index (χ0v) is 13.5. The van der Waals surface area contributed by atoms with E-state index in [1.165, 1.54) is 6.33 Å². The molecule has 0 bridgehead atoms. The molecule has 1 amide bonds. The van der Waals surface area contributed by atoms with Gasteiger partial charge in [-0.05, 0) is 19.8 Å². The third-order valence-electron chi connectivity index (χ3n) is 4.42. The minimum absolute atomic E-state index is 0.00318. The van der Waals surface area contributed by atoms with Crippen molar-refractivity contribution in [2.24, 2.45) is 5.41 Å². The molecule has 0 spiro atoms. The minimum Gasteiger partial charge on any atom is -0.378 e. The van der Waals surface area contributed by atoms with E-state index in [2.05, 4.69) is 30.9 Å². The van der Waals surface area contributed by atoms with Gasteiger partial charge in [-0.15, -0.1) is 0 Å². The maximum atomic E-state index is 12.6. The Morgan fingerprint density at radius 3 is 2.76 bits per heavy atom. The van der Waals surface area contributed by atoms with Crippen molar-refractivity contribution in [3.63, 3.8) is 0 Å². The Morgan fingerprint density at radius 2 is 2.24 bits per heavy atom. The largest absolute Gasteiger partial charge is 0.378 e. The van der Waals surface area contributed by atoms with Crippen LogP contribution in [0, 0.1) is 5.41 Å². The van der Waals surface area contributed by atoms with Gasteiger partial charge in [-0.1, -0.05) is 20.8 Å². The second kappa shape index (κ2) is 6.56. The fourth-order valence-electron chi connectivity index (χ4n) is 3.12. The topological polar surface area (TPSA) is 60.2 Å². The highest BCUT2D eigenvalue weighted by Crippen LogP contribution is 2.46. The van der Waals surface area contributed by atoms with Crippen LogP contribution in [0.5, 0.6) is 0 Å². The minimum atomic E-state index is 0.00318. The van der Waals surface area contributed by atoms with Crippen LogP contribution in [0.4, 0.5) is 0 Å². The van der Waals surface area contributed by atoms with Crippen molar-refractivity contribution in [2.75, 3.05) is 13.2 Å². The Morgan fingerprint density at radius 1 is 1.48 bits per heavy atom. The first-order chi connectivity index (χ1) is 10.0. The smallest absolute Gasteiger partial charge is 0.244 e. The third kappa shape index (κ3) is 3.26. The van der Waals surface area contributed by atoms with Crippen molar-refractivity contribution in [2.45, 2.75) is 59.2 Å². The second-order valence-corrected chi connectivity index (χ2v) is 6.20. The van der Waals surface area contributed by atoms with Crippen molar-refractivity contribution < 1.29 is 9.53 Å². The molecule has 2 rings (SSSR count). The highest BCUT2D eigenvalue weighted by atomic mass is 16.5. The molecule has 21 heavy (non-hydrogen) atoms. The normalized spacial score (nSPS) is 23.6. The van der Waals surface area contributed by atoms with Gasteiger partial charge in [-0.25, -0.2) is 9.67 Å². The Balaban J connectivity index is 2.04. The van der Waals surface area contributed by atoms with Crippen molar-refractivity contribution in [3.05, 3.63) is 12.7 Å². The van der Waals surface area contributed by atoms with Gasteiger partial charge >= 0.3 is 0 Å². The lowest BCUT2D eigenvalue weighted by atomic mass is 9.63. The number of hydrogen-bond donors (Lipinski definition) is 0. The van der Waals surface area contributed by atoms with E-state index in [0.29, 0.717) is 0 Å². The molecule has 6 nitrogen and oxygen atoms in total. The van der Waals surface area contributed by atoms with Gasteiger partial charge in [0, 0.05) is 24.6 Å². The fraction of sp³-hybridized carbons (Fsp3) is 0.800. The van der Waals surface area contributed by atoms with Crippen LogP contribution >= 0.6 is 0 Å². The van der Waals surface area contributed by atoms with Gasteiger partial charge in [-0.3, -0.25) is 4.79 Å². The molecule has 0 radical (unpaired) electrons. The van der Waals surface area contributed by atoms with Crippen LogP contribution in [-0.4, -0.2) is 50.9 Å². The molecule has 1 aromatic heterocycles. The van der Waals surface area contributed by atoms with E-state index < -0.39 is 0 Å². The van der Waals surface area contributed by atoms with Crippen LogP contribution in [0.25, 0.3) is 0 Å². The van der Waals surface area contributed by atoms with Gasteiger partial charge in [0.1, 0.15) is 19.2 Å². The second-order valence-electron chi connectivity index (χ2n) is 6.20. The van der Waals surface area contributed by atoms with Crippen LogP contribution in [0.3, 0.4) is 0 Å². The highest BCUT2D eigenvalue weighted by molar-refractivity contribution is 5.76. The van der Waals surface area contributed by atoms with E-state index in [9.17, 15) is 4.79 Å². The predicted molar refractivity (Wildman–Crippen MR) is 79.6 cm³/mol. The number of aromatic nitrogens is 3. The summed E-state index contributed by atoms with van der Waals surface area (Å²) in [6.45, 7) is 10.2. The first-order valence-corrected chi connectivity index (χ1v) is 7.74. The van der Waals surface area contributed by atoms with Crippen molar-refractivity contribution in [3.8, 4) is 0 Å². The lowest BCUT2D eigenvalue weighted by molar-refractivity contribution is -0.167. The van der Waals surface area contributed by atoms with E-state index in [0.717, 1.165) is 26.0 Å². The molecular weight excluding hydrogens is 268 g/mol. The summed E-state index contributed by atoms with van der Waals surface area (Å²) >= 11 is 0. The first kappa shape index (κ1) is 15.9. The lowest BCUT2D eigenvalue weighted by Gasteiger charge is -2.55. The van der Waals surface area contributed by atoms with Gasteiger partial charge in [0.25, 0.3) is 0 Å². The molecule has 1 aliphatic carbocycles. The quantitative estimate of drug-likeness (QED) is 0.768. The Hall–Kier alpha value is -1.43. The summed E-state index contributed by atoms with van der Waals surface area (Å²) in [5.41, 5.74) is 0.00318. The predicted octanol–water partition coefficient (Wildman–Crippen LogP) is 1.72. The molecule has 1 saturated carbocycles. The van der Waals surface area contributed by atoms with Gasteiger partial charge in [0.2, 0.25) is 5.91 Å². The Bertz CT molecular complexity index is 458. The van der Waals surface area contributed by atoms with E-state index in [-0.39, 0.29) is 30.0 Å². The zero-order valence-electron chi connectivity index (χ0n) is 13.5. The molecule has 1 aliphatic rings. The van der Waals surface area contributed by atoms with E-state index in [1.807, 2.05) is 11.8 Å². The maximum Gasteiger partial charge on any atom is 0.244 e. The van der Waals surface area contributed by atoms with Gasteiger partial charge < -0.3 is 9.64 Å². The number of hydrogen-bond acceptors (Lipinski definition) is 4. The Kier molecular flexibility index (Phi) is 4.98. The molecule has 2 atom stereocenters.